The number of aromatic nitrogens is 3. The van der Waals surface area contributed by atoms with E-state index in [1.54, 1.807) is 26.0 Å². The Kier molecular flexibility index (Phi) is 1.98. The van der Waals surface area contributed by atoms with E-state index in [0.29, 0.717) is 5.69 Å². The zero-order chi connectivity index (χ0) is 12.9. The first-order valence-electron chi connectivity index (χ1n) is 5.29. The summed E-state index contributed by atoms with van der Waals surface area (Å²) in [6, 6.07) is 7.17. The Bertz CT molecular complexity index is 775. The van der Waals surface area contributed by atoms with Gasteiger partial charge in [-0.3, -0.25) is 4.99 Å². The maximum atomic E-state index is 13.1. The lowest BCUT2D eigenvalue weighted by atomic mass is 9.74. The molecule has 0 saturated carbocycles. The molecule has 1 N–H and O–H groups in total. The number of benzene rings is 1. The van der Waals surface area contributed by atoms with E-state index >= 15 is 0 Å². The average molecular weight is 246 g/mol. The molecule has 3 rings (SSSR count). The Morgan fingerprint density at radius 1 is 1.33 bits per heavy atom. The Morgan fingerprint density at radius 3 is 2.72 bits per heavy atom. The minimum Gasteiger partial charge on any atom is -0.259 e. The van der Waals surface area contributed by atoms with Gasteiger partial charge in [0.25, 0.3) is 0 Å². The van der Waals surface area contributed by atoms with Gasteiger partial charge in [0.1, 0.15) is 0 Å². The van der Waals surface area contributed by atoms with E-state index in [9.17, 15) is 14.1 Å². The van der Waals surface area contributed by atoms with Crippen LogP contribution in [0.4, 0.5) is 10.2 Å². The monoisotopic (exact) mass is 246 g/mol. The second-order valence-corrected chi connectivity index (χ2v) is 4.24. The summed E-state index contributed by atoms with van der Waals surface area (Å²) in [6.45, 7) is 0. The van der Waals surface area contributed by atoms with E-state index in [1.807, 2.05) is 6.07 Å². The number of hydrogen-bond donors (Lipinski definition) is 1. The molecule has 1 aliphatic rings. The molecule has 0 saturated heterocycles. The minimum atomic E-state index is -1.10. The van der Waals surface area contributed by atoms with Crippen molar-refractivity contribution in [2.75, 3.05) is 0 Å². The molecule has 0 fully saturated rings. The standard InChI is InChI=1S/C10H8BFN4O2/c11-10(16-9(18)15(12)8(17)14-16)5-13-7-4-2-1-3-6(7)10/h1-5H,11H2,(H,14,17). The molecule has 2 heterocycles. The minimum absolute atomic E-state index is 0.458. The van der Waals surface area contributed by atoms with Crippen LogP contribution in [0.5, 0.6) is 0 Å². The quantitative estimate of drug-likeness (QED) is 0.663. The van der Waals surface area contributed by atoms with E-state index in [-0.39, 0.29) is 0 Å². The summed E-state index contributed by atoms with van der Waals surface area (Å²) in [6.07, 6.45) is 1.51. The number of para-hydroxylation sites is 1. The fourth-order valence-corrected chi connectivity index (χ4v) is 2.13. The third-order valence-corrected chi connectivity index (χ3v) is 3.11. The summed E-state index contributed by atoms with van der Waals surface area (Å²) in [5, 5.41) is 2.18. The highest BCUT2D eigenvalue weighted by atomic mass is 19.2. The van der Waals surface area contributed by atoms with Gasteiger partial charge in [0, 0.05) is 11.8 Å². The molecule has 0 spiro atoms. The molecule has 1 aromatic heterocycles. The molecule has 8 heteroatoms. The largest absolute Gasteiger partial charge is 0.376 e. The molecule has 1 atom stereocenters. The number of H-pyrrole nitrogens is 1. The molecule has 90 valence electrons. The lowest BCUT2D eigenvalue weighted by molar-refractivity contribution is 0.334. The van der Waals surface area contributed by atoms with Crippen LogP contribution in [0.25, 0.3) is 0 Å². The number of nitrogens with one attached hydrogen (secondary N) is 1. The highest BCUT2D eigenvalue weighted by Gasteiger charge is 2.36. The normalized spacial score (nSPS) is 21.2. The first-order chi connectivity index (χ1) is 8.54. The molecule has 0 radical (unpaired) electrons. The predicted octanol–water partition coefficient (Wildman–Crippen LogP) is -0.879. The maximum absolute atomic E-state index is 13.1. The SMILES string of the molecule is BC1(n2[nH]c(=O)n(F)c2=O)C=Nc2ccccc21. The lowest BCUT2D eigenvalue weighted by Gasteiger charge is -2.22. The van der Waals surface area contributed by atoms with Crippen molar-refractivity contribution in [2.24, 2.45) is 4.99 Å². The van der Waals surface area contributed by atoms with Crippen molar-refractivity contribution in [3.05, 3.63) is 50.8 Å². The smallest absolute Gasteiger partial charge is 0.259 e. The van der Waals surface area contributed by atoms with Crippen molar-refractivity contribution in [3.63, 3.8) is 0 Å². The molecule has 0 amide bonds. The van der Waals surface area contributed by atoms with Gasteiger partial charge in [0.2, 0.25) is 0 Å². The van der Waals surface area contributed by atoms with Gasteiger partial charge in [0.15, 0.2) is 7.85 Å². The number of hydrogen-bond acceptors (Lipinski definition) is 3. The van der Waals surface area contributed by atoms with Crippen LogP contribution in [-0.4, -0.2) is 28.6 Å². The number of nitrogens with zero attached hydrogens (tertiary/aromatic N) is 3. The average Bonchev–Trinajstić information content (AvgIpc) is 2.85. The van der Waals surface area contributed by atoms with E-state index in [1.165, 1.54) is 6.21 Å². The Hall–Kier alpha value is -2.38. The number of aromatic amines is 1. The molecule has 6 nitrogen and oxygen atoms in total. The number of fused-ring (bicyclic) bond motifs is 1. The number of aliphatic imine (C=N–C) groups is 1. The highest BCUT2D eigenvalue weighted by Crippen LogP contribution is 2.34. The Balaban J connectivity index is 2.31. The van der Waals surface area contributed by atoms with Crippen LogP contribution in [0, 0.1) is 0 Å². The van der Waals surface area contributed by atoms with Crippen LogP contribution in [0.2, 0.25) is 0 Å². The van der Waals surface area contributed by atoms with Crippen LogP contribution < -0.4 is 11.4 Å². The van der Waals surface area contributed by atoms with Gasteiger partial charge in [-0.1, -0.05) is 27.5 Å². The summed E-state index contributed by atoms with van der Waals surface area (Å²) < 4.78 is 14.1. The Labute approximate surface area is 101 Å². The summed E-state index contributed by atoms with van der Waals surface area (Å²) in [5.74, 6) is 0. The van der Waals surface area contributed by atoms with Crippen LogP contribution in [0.3, 0.4) is 0 Å². The molecule has 0 aliphatic carbocycles. The van der Waals surface area contributed by atoms with Gasteiger partial charge in [-0.25, -0.2) is 19.4 Å². The molecule has 0 bridgehead atoms. The van der Waals surface area contributed by atoms with Crippen LogP contribution >= 0.6 is 0 Å². The third kappa shape index (κ3) is 1.20. The second-order valence-electron chi connectivity index (χ2n) is 4.24. The summed E-state index contributed by atoms with van der Waals surface area (Å²) in [5.41, 5.74) is -1.71. The fraction of sp³-hybridized carbons (Fsp3) is 0.100. The van der Waals surface area contributed by atoms with Gasteiger partial charge in [0.05, 0.1) is 11.1 Å². The van der Waals surface area contributed by atoms with Gasteiger partial charge in [-0.2, -0.15) is 0 Å². The van der Waals surface area contributed by atoms with Gasteiger partial charge >= 0.3 is 11.4 Å². The van der Waals surface area contributed by atoms with Gasteiger partial charge in [-0.15, -0.1) is 0 Å². The first-order valence-corrected chi connectivity index (χ1v) is 5.29. The zero-order valence-corrected chi connectivity index (χ0v) is 9.42. The van der Waals surface area contributed by atoms with Crippen molar-refractivity contribution >= 4 is 19.7 Å². The zero-order valence-electron chi connectivity index (χ0n) is 9.42. The molecule has 1 aliphatic heterocycles. The van der Waals surface area contributed by atoms with E-state index in [2.05, 4.69) is 10.1 Å². The molecule has 1 aromatic carbocycles. The predicted molar refractivity (Wildman–Crippen MR) is 66.0 cm³/mol. The van der Waals surface area contributed by atoms with Crippen molar-refractivity contribution < 1.29 is 4.48 Å². The van der Waals surface area contributed by atoms with Crippen molar-refractivity contribution in [1.29, 1.82) is 0 Å². The number of rotatable bonds is 1. The van der Waals surface area contributed by atoms with Crippen LogP contribution in [0.1, 0.15) is 5.56 Å². The van der Waals surface area contributed by atoms with Crippen molar-refractivity contribution in [1.82, 2.24) is 14.6 Å². The van der Waals surface area contributed by atoms with Gasteiger partial charge < -0.3 is 0 Å². The molecular weight excluding hydrogens is 238 g/mol. The molecule has 18 heavy (non-hydrogen) atoms. The van der Waals surface area contributed by atoms with Crippen molar-refractivity contribution in [3.8, 4) is 0 Å². The third-order valence-electron chi connectivity index (χ3n) is 3.11. The summed E-state index contributed by atoms with van der Waals surface area (Å²) in [7, 11) is 1.68. The topological polar surface area (TPSA) is 72.2 Å². The molecule has 1 unspecified atom stereocenters. The first kappa shape index (κ1) is 10.8. The molecular formula is C10H8BFN4O2. The van der Waals surface area contributed by atoms with Crippen LogP contribution in [0.15, 0.2) is 38.8 Å². The summed E-state index contributed by atoms with van der Waals surface area (Å²) in [4.78, 5) is 26.5. The van der Waals surface area contributed by atoms with E-state index in [0.717, 1.165) is 10.2 Å². The second kappa shape index (κ2) is 3.31. The molecule has 2 aromatic rings. The number of halogens is 1. The van der Waals surface area contributed by atoms with Gasteiger partial charge in [-0.05, 0) is 6.07 Å². The van der Waals surface area contributed by atoms with E-state index < -0.39 is 21.6 Å². The van der Waals surface area contributed by atoms with Crippen molar-refractivity contribution in [2.45, 2.75) is 5.44 Å². The Morgan fingerprint density at radius 2 is 2.06 bits per heavy atom. The fourth-order valence-electron chi connectivity index (χ4n) is 2.13. The van der Waals surface area contributed by atoms with Crippen LogP contribution in [-0.2, 0) is 5.44 Å². The highest BCUT2D eigenvalue weighted by molar-refractivity contribution is 6.27. The van der Waals surface area contributed by atoms with E-state index in [4.69, 9.17) is 0 Å². The summed E-state index contributed by atoms with van der Waals surface area (Å²) >= 11 is 0. The maximum Gasteiger partial charge on any atom is 0.376 e. The lowest BCUT2D eigenvalue weighted by Crippen LogP contribution is -2.43.